The van der Waals surface area contributed by atoms with E-state index in [1.807, 2.05) is 54.6 Å². The minimum absolute atomic E-state index is 0.716. The Hall–Kier alpha value is -1.91. The molecule has 2 aromatic carbocycles. The molecule has 0 saturated heterocycles. The average Bonchev–Trinajstić information content (AvgIpc) is 2.91. The normalized spacial score (nSPS) is 10.4. The Labute approximate surface area is 119 Å². The third-order valence-corrected chi connectivity index (χ3v) is 3.68. The number of halogens is 1. The summed E-state index contributed by atoms with van der Waals surface area (Å²) < 4.78 is 0. The van der Waals surface area contributed by atoms with Gasteiger partial charge in [-0.3, -0.25) is 0 Å². The van der Waals surface area contributed by atoms with Crippen LogP contribution in [0.4, 0.5) is 10.8 Å². The highest BCUT2D eigenvalue weighted by molar-refractivity contribution is 7.18. The van der Waals surface area contributed by atoms with E-state index < -0.39 is 0 Å². The van der Waals surface area contributed by atoms with E-state index >= 15 is 0 Å². The third kappa shape index (κ3) is 2.92. The number of nitrogens with one attached hydrogen (secondary N) is 1. The molecule has 94 valence electrons. The molecule has 0 radical (unpaired) electrons. The second-order valence-electron chi connectivity index (χ2n) is 3.91. The van der Waals surface area contributed by atoms with Crippen molar-refractivity contribution in [1.29, 1.82) is 0 Å². The van der Waals surface area contributed by atoms with Crippen LogP contribution in [0.25, 0.3) is 10.6 Å². The minimum atomic E-state index is 0.716. The topological polar surface area (TPSA) is 37.8 Å². The fourth-order valence-corrected chi connectivity index (χ4v) is 2.52. The van der Waals surface area contributed by atoms with Crippen molar-refractivity contribution in [2.45, 2.75) is 0 Å². The molecule has 0 unspecified atom stereocenters. The van der Waals surface area contributed by atoms with Crippen molar-refractivity contribution in [3.63, 3.8) is 0 Å². The lowest BCUT2D eigenvalue weighted by Crippen LogP contribution is -1.88. The molecule has 0 aliphatic rings. The highest BCUT2D eigenvalue weighted by Gasteiger charge is 2.06. The van der Waals surface area contributed by atoms with Crippen molar-refractivity contribution in [3.05, 3.63) is 59.6 Å². The van der Waals surface area contributed by atoms with Gasteiger partial charge in [-0.1, -0.05) is 53.3 Å². The maximum absolute atomic E-state index is 5.85. The summed E-state index contributed by atoms with van der Waals surface area (Å²) in [4.78, 5) is 0. The monoisotopic (exact) mass is 287 g/mol. The van der Waals surface area contributed by atoms with Gasteiger partial charge in [-0.25, -0.2) is 0 Å². The molecule has 5 heteroatoms. The first kappa shape index (κ1) is 12.1. The molecule has 1 heterocycles. The fraction of sp³-hybridized carbons (Fsp3) is 0. The highest BCUT2D eigenvalue weighted by Crippen LogP contribution is 2.28. The Kier molecular flexibility index (Phi) is 3.44. The second-order valence-corrected chi connectivity index (χ2v) is 5.32. The number of nitrogens with zero attached hydrogens (tertiary/aromatic N) is 2. The van der Waals surface area contributed by atoms with Crippen LogP contribution >= 0.6 is 22.9 Å². The van der Waals surface area contributed by atoms with E-state index in [0.717, 1.165) is 21.4 Å². The predicted octanol–water partition coefficient (Wildman–Crippen LogP) is 4.60. The quantitative estimate of drug-likeness (QED) is 0.765. The molecular formula is C14H10ClN3S. The summed E-state index contributed by atoms with van der Waals surface area (Å²) in [5.74, 6) is 0. The van der Waals surface area contributed by atoms with Crippen LogP contribution in [0.2, 0.25) is 5.02 Å². The van der Waals surface area contributed by atoms with Gasteiger partial charge in [0.25, 0.3) is 0 Å². The Morgan fingerprint density at radius 2 is 1.63 bits per heavy atom. The summed E-state index contributed by atoms with van der Waals surface area (Å²) in [5, 5.41) is 13.9. The molecule has 1 aromatic heterocycles. The first-order chi connectivity index (χ1) is 9.31. The zero-order valence-corrected chi connectivity index (χ0v) is 11.4. The van der Waals surface area contributed by atoms with Crippen molar-refractivity contribution in [2.75, 3.05) is 5.32 Å². The summed E-state index contributed by atoms with van der Waals surface area (Å²) >= 11 is 7.36. The fourth-order valence-electron chi connectivity index (χ4n) is 1.63. The predicted molar refractivity (Wildman–Crippen MR) is 80.1 cm³/mol. The second kappa shape index (κ2) is 5.38. The zero-order chi connectivity index (χ0) is 13.1. The molecule has 3 nitrogen and oxygen atoms in total. The highest BCUT2D eigenvalue weighted by atomic mass is 35.5. The van der Waals surface area contributed by atoms with Crippen LogP contribution in [0, 0.1) is 0 Å². The number of rotatable bonds is 3. The van der Waals surface area contributed by atoms with Gasteiger partial charge in [0.15, 0.2) is 0 Å². The number of hydrogen-bond acceptors (Lipinski definition) is 4. The zero-order valence-electron chi connectivity index (χ0n) is 9.88. The van der Waals surface area contributed by atoms with Gasteiger partial charge < -0.3 is 5.32 Å². The Bertz CT molecular complexity index is 665. The first-order valence-corrected chi connectivity index (χ1v) is 6.92. The Balaban J connectivity index is 1.80. The number of hydrogen-bond donors (Lipinski definition) is 1. The van der Waals surface area contributed by atoms with Crippen LogP contribution in [0.15, 0.2) is 54.6 Å². The molecule has 0 saturated carbocycles. The molecular weight excluding hydrogens is 278 g/mol. The summed E-state index contributed by atoms with van der Waals surface area (Å²) in [5.41, 5.74) is 2.02. The molecule has 0 aliphatic heterocycles. The largest absolute Gasteiger partial charge is 0.330 e. The van der Waals surface area contributed by atoms with Gasteiger partial charge in [0.05, 0.1) is 0 Å². The Morgan fingerprint density at radius 1 is 0.895 bits per heavy atom. The maximum atomic E-state index is 5.85. The van der Waals surface area contributed by atoms with E-state index in [4.69, 9.17) is 11.6 Å². The molecule has 0 spiro atoms. The van der Waals surface area contributed by atoms with Crippen molar-refractivity contribution < 1.29 is 0 Å². The summed E-state index contributed by atoms with van der Waals surface area (Å²) in [6, 6.07) is 17.5. The number of anilines is 2. The van der Waals surface area contributed by atoms with E-state index in [1.165, 1.54) is 11.3 Å². The van der Waals surface area contributed by atoms with Crippen molar-refractivity contribution in [3.8, 4) is 10.6 Å². The standard InChI is InChI=1S/C14H10ClN3S/c15-11-6-8-12(9-7-11)16-14-18-17-13(19-14)10-4-2-1-3-5-10/h1-9H,(H,16,18). The van der Waals surface area contributed by atoms with Crippen LogP contribution in [-0.4, -0.2) is 10.2 Å². The van der Waals surface area contributed by atoms with E-state index in [-0.39, 0.29) is 0 Å². The lowest BCUT2D eigenvalue weighted by molar-refractivity contribution is 1.10. The van der Waals surface area contributed by atoms with Crippen LogP contribution in [0.5, 0.6) is 0 Å². The molecule has 19 heavy (non-hydrogen) atoms. The molecule has 0 aliphatic carbocycles. The van der Waals surface area contributed by atoms with Crippen LogP contribution in [-0.2, 0) is 0 Å². The lowest BCUT2D eigenvalue weighted by Gasteiger charge is -2.00. The summed E-state index contributed by atoms with van der Waals surface area (Å²) in [6.07, 6.45) is 0. The summed E-state index contributed by atoms with van der Waals surface area (Å²) in [7, 11) is 0. The van der Waals surface area contributed by atoms with Crippen molar-refractivity contribution >= 4 is 33.8 Å². The third-order valence-electron chi connectivity index (χ3n) is 2.54. The van der Waals surface area contributed by atoms with Gasteiger partial charge in [0.1, 0.15) is 5.01 Å². The van der Waals surface area contributed by atoms with E-state index in [2.05, 4.69) is 15.5 Å². The first-order valence-electron chi connectivity index (χ1n) is 5.73. The van der Waals surface area contributed by atoms with Gasteiger partial charge in [0.2, 0.25) is 5.13 Å². The molecule has 0 amide bonds. The lowest BCUT2D eigenvalue weighted by atomic mass is 10.2. The van der Waals surface area contributed by atoms with Crippen LogP contribution in [0.3, 0.4) is 0 Å². The van der Waals surface area contributed by atoms with Crippen LogP contribution in [0.1, 0.15) is 0 Å². The minimum Gasteiger partial charge on any atom is -0.330 e. The van der Waals surface area contributed by atoms with Gasteiger partial charge in [-0.15, -0.1) is 10.2 Å². The maximum Gasteiger partial charge on any atom is 0.210 e. The molecule has 0 atom stereocenters. The molecule has 3 rings (SSSR count). The average molecular weight is 288 g/mol. The molecule has 0 fully saturated rings. The van der Waals surface area contributed by atoms with E-state index in [9.17, 15) is 0 Å². The van der Waals surface area contributed by atoms with Crippen molar-refractivity contribution in [2.24, 2.45) is 0 Å². The SMILES string of the molecule is Clc1ccc(Nc2nnc(-c3ccccc3)s2)cc1. The summed E-state index contributed by atoms with van der Waals surface area (Å²) in [6.45, 7) is 0. The van der Waals surface area contributed by atoms with Gasteiger partial charge in [0, 0.05) is 16.3 Å². The number of benzene rings is 2. The number of aromatic nitrogens is 2. The molecule has 1 N–H and O–H groups in total. The molecule has 3 aromatic rings. The van der Waals surface area contributed by atoms with E-state index in [1.54, 1.807) is 0 Å². The van der Waals surface area contributed by atoms with Crippen LogP contribution < -0.4 is 5.32 Å². The van der Waals surface area contributed by atoms with Gasteiger partial charge >= 0.3 is 0 Å². The van der Waals surface area contributed by atoms with E-state index in [0.29, 0.717) is 5.02 Å². The Morgan fingerprint density at radius 3 is 2.37 bits per heavy atom. The van der Waals surface area contributed by atoms with Gasteiger partial charge in [-0.2, -0.15) is 0 Å². The molecule has 0 bridgehead atoms. The van der Waals surface area contributed by atoms with Gasteiger partial charge in [-0.05, 0) is 24.3 Å². The van der Waals surface area contributed by atoms with Crippen molar-refractivity contribution in [1.82, 2.24) is 10.2 Å². The smallest absolute Gasteiger partial charge is 0.210 e.